The number of aryl methyl sites for hydroxylation is 1. The molecule has 0 amide bonds. The number of benzene rings is 4. The third-order valence-electron chi connectivity index (χ3n) is 7.23. The third-order valence-corrected chi connectivity index (χ3v) is 7.80. The van der Waals surface area contributed by atoms with Crippen LogP contribution >= 0.6 is 23.2 Å². The summed E-state index contributed by atoms with van der Waals surface area (Å²) >= 11 is 12.4. The number of rotatable bonds is 4. The zero-order chi connectivity index (χ0) is 29.0. The number of halogens is 2. The fourth-order valence-corrected chi connectivity index (χ4v) is 5.69. The zero-order valence-electron chi connectivity index (χ0n) is 22.1. The molecule has 0 spiro atoms. The van der Waals surface area contributed by atoms with E-state index in [0.717, 1.165) is 33.9 Å². The highest BCUT2D eigenvalue weighted by molar-refractivity contribution is 6.51. The molecule has 42 heavy (non-hydrogen) atoms. The number of hydrogen-bond acceptors (Lipinski definition) is 7. The molecule has 1 N–H and O–H groups in total. The van der Waals surface area contributed by atoms with Crippen molar-refractivity contribution in [1.82, 2.24) is 9.78 Å². The number of hydrogen-bond donors (Lipinski definition) is 1. The first kappa shape index (κ1) is 25.9. The highest BCUT2D eigenvalue weighted by atomic mass is 35.5. The Labute approximate surface area is 250 Å². The van der Waals surface area contributed by atoms with Crippen LogP contribution in [-0.4, -0.2) is 26.4 Å². The number of amidine groups is 2. The molecular weight excluding hydrogens is 573 g/mol. The molecule has 9 nitrogen and oxygen atoms in total. The molecule has 0 bridgehead atoms. The van der Waals surface area contributed by atoms with Gasteiger partial charge in [-0.05, 0) is 61.0 Å². The van der Waals surface area contributed by atoms with Crippen LogP contribution in [0.3, 0.4) is 0 Å². The zero-order valence-corrected chi connectivity index (χ0v) is 23.6. The second-order valence-electron chi connectivity index (χ2n) is 9.83. The van der Waals surface area contributed by atoms with Gasteiger partial charge in [-0.25, -0.2) is 14.7 Å². The van der Waals surface area contributed by atoms with Crippen LogP contribution in [0.5, 0.6) is 0 Å². The molecule has 3 heterocycles. The van der Waals surface area contributed by atoms with E-state index in [1.165, 1.54) is 12.1 Å². The number of aromatic nitrogens is 2. The molecule has 0 aliphatic carbocycles. The molecule has 1 atom stereocenters. The first-order chi connectivity index (χ1) is 20.4. The Kier molecular flexibility index (Phi) is 6.26. The lowest BCUT2D eigenvalue weighted by Crippen LogP contribution is -2.46. The lowest BCUT2D eigenvalue weighted by molar-refractivity contribution is -0.384. The Hall–Kier alpha value is -4.99. The number of nitro benzene ring substituents is 1. The maximum absolute atomic E-state index is 11.6. The van der Waals surface area contributed by atoms with Crippen molar-refractivity contribution >= 4 is 63.4 Å². The first-order valence-corrected chi connectivity index (χ1v) is 13.8. The summed E-state index contributed by atoms with van der Waals surface area (Å²) < 4.78 is 1.84. The highest BCUT2D eigenvalue weighted by Gasteiger charge is 2.41. The number of nitro groups is 1. The quantitative estimate of drug-likeness (QED) is 0.167. The molecule has 0 fully saturated rings. The van der Waals surface area contributed by atoms with E-state index in [-0.39, 0.29) is 16.8 Å². The number of nitrogens with zero attached hydrogens (tertiary/aromatic N) is 6. The van der Waals surface area contributed by atoms with Gasteiger partial charge in [0.25, 0.3) is 5.69 Å². The van der Waals surface area contributed by atoms with E-state index >= 15 is 0 Å². The number of para-hydroxylation sites is 3. The minimum Gasteiger partial charge on any atom is -0.337 e. The fourth-order valence-electron chi connectivity index (χ4n) is 5.37. The summed E-state index contributed by atoms with van der Waals surface area (Å²) in [5.74, 6) is 1.63. The largest absolute Gasteiger partial charge is 0.337 e. The van der Waals surface area contributed by atoms with E-state index in [1.54, 1.807) is 6.07 Å². The van der Waals surface area contributed by atoms with Crippen LogP contribution in [0, 0.1) is 17.0 Å². The third kappa shape index (κ3) is 4.30. The molecule has 0 saturated carbocycles. The molecule has 0 radical (unpaired) electrons. The van der Waals surface area contributed by atoms with Crippen molar-refractivity contribution in [3.8, 4) is 5.69 Å². The molecule has 7 rings (SSSR count). The molecule has 2 aliphatic rings. The minimum absolute atomic E-state index is 0.0489. The van der Waals surface area contributed by atoms with Crippen LogP contribution in [-0.2, 0) is 0 Å². The molecule has 1 unspecified atom stereocenters. The number of fused-ring (bicyclic) bond motifs is 4. The van der Waals surface area contributed by atoms with Gasteiger partial charge in [-0.3, -0.25) is 10.1 Å². The lowest BCUT2D eigenvalue weighted by Gasteiger charge is -2.40. The molecule has 0 saturated heterocycles. The van der Waals surface area contributed by atoms with Crippen molar-refractivity contribution < 1.29 is 4.92 Å². The van der Waals surface area contributed by atoms with Gasteiger partial charge < -0.3 is 10.2 Å². The van der Waals surface area contributed by atoms with Crippen LogP contribution < -0.4 is 10.2 Å². The second-order valence-corrected chi connectivity index (χ2v) is 10.7. The standard InChI is InChI=1S/C31H21Cl2N7O2/c1-18-27-28(19-11-13-20(32)14-12-19)38-25-10-6-5-9-24(25)35-29(34-21-15-16-23(33)26(17-21)40(41)42)31(38)36-30(27)39(37-18)22-7-3-2-4-8-22/h2-17,28H,1H3,(H,34,35). The molecule has 2 aliphatic heterocycles. The monoisotopic (exact) mass is 593 g/mol. The fraction of sp³-hybridized carbons (Fsp3) is 0.0645. The summed E-state index contributed by atoms with van der Waals surface area (Å²) in [6.45, 7) is 1.98. The van der Waals surface area contributed by atoms with Crippen molar-refractivity contribution in [2.75, 3.05) is 10.2 Å². The maximum Gasteiger partial charge on any atom is 0.289 e. The summed E-state index contributed by atoms with van der Waals surface area (Å²) in [7, 11) is 0. The van der Waals surface area contributed by atoms with Gasteiger partial charge in [0.1, 0.15) is 5.02 Å². The van der Waals surface area contributed by atoms with Crippen LogP contribution in [0.4, 0.5) is 28.6 Å². The Balaban J connectivity index is 1.47. The number of nitrogens with one attached hydrogen (secondary N) is 1. The van der Waals surface area contributed by atoms with E-state index < -0.39 is 4.92 Å². The first-order valence-electron chi connectivity index (χ1n) is 13.1. The van der Waals surface area contributed by atoms with E-state index in [9.17, 15) is 10.1 Å². The van der Waals surface area contributed by atoms with Gasteiger partial charge in [-0.2, -0.15) is 5.10 Å². The normalized spacial score (nSPS) is 15.2. The highest BCUT2D eigenvalue weighted by Crippen LogP contribution is 2.48. The van der Waals surface area contributed by atoms with E-state index in [1.807, 2.05) is 90.5 Å². The van der Waals surface area contributed by atoms with Gasteiger partial charge in [0, 0.05) is 22.3 Å². The summed E-state index contributed by atoms with van der Waals surface area (Å²) in [6.07, 6.45) is 0. The lowest BCUT2D eigenvalue weighted by atomic mass is 9.93. The average Bonchev–Trinajstić information content (AvgIpc) is 3.34. The Morgan fingerprint density at radius 1 is 0.905 bits per heavy atom. The average molecular weight is 594 g/mol. The van der Waals surface area contributed by atoms with Crippen molar-refractivity contribution in [3.63, 3.8) is 0 Å². The van der Waals surface area contributed by atoms with Crippen LogP contribution in [0.2, 0.25) is 10.0 Å². The molecule has 11 heteroatoms. The van der Waals surface area contributed by atoms with Gasteiger partial charge in [-0.1, -0.05) is 65.7 Å². The van der Waals surface area contributed by atoms with Crippen molar-refractivity contribution in [3.05, 3.63) is 134 Å². The van der Waals surface area contributed by atoms with Crippen molar-refractivity contribution in [2.45, 2.75) is 13.0 Å². The number of anilines is 2. The van der Waals surface area contributed by atoms with Gasteiger partial charge in [0.15, 0.2) is 17.5 Å². The molecule has 4 aromatic carbocycles. The summed E-state index contributed by atoms with van der Waals surface area (Å²) in [4.78, 5) is 23.3. The summed E-state index contributed by atoms with van der Waals surface area (Å²) in [5, 5.41) is 20.5. The molecular formula is C31H21Cl2N7O2. The Morgan fingerprint density at radius 3 is 2.40 bits per heavy atom. The summed E-state index contributed by atoms with van der Waals surface area (Å²) in [6, 6.07) is 29.6. The Bertz CT molecular complexity index is 1940. The topological polar surface area (TPSA) is 101 Å². The second kappa shape index (κ2) is 10.1. The van der Waals surface area contributed by atoms with Crippen LogP contribution in [0.15, 0.2) is 107 Å². The Morgan fingerprint density at radius 2 is 1.64 bits per heavy atom. The van der Waals surface area contributed by atoms with E-state index in [0.29, 0.717) is 28.2 Å². The molecule has 206 valence electrons. The van der Waals surface area contributed by atoms with Crippen LogP contribution in [0.1, 0.15) is 22.9 Å². The predicted molar refractivity (Wildman–Crippen MR) is 166 cm³/mol. The molecule has 1 aromatic heterocycles. The van der Waals surface area contributed by atoms with Gasteiger partial charge in [-0.15, -0.1) is 0 Å². The van der Waals surface area contributed by atoms with Gasteiger partial charge in [0.2, 0.25) is 0 Å². The SMILES string of the molecule is Cc1nn(-c2ccccc2)c2c1C(c1ccc(Cl)cc1)N1C(=N2)C(Nc2ccc(Cl)c([N+](=O)[O-])c2)=Nc2ccccc21. The predicted octanol–water partition coefficient (Wildman–Crippen LogP) is 8.19. The molecule has 5 aromatic rings. The van der Waals surface area contributed by atoms with Gasteiger partial charge >= 0.3 is 0 Å². The summed E-state index contributed by atoms with van der Waals surface area (Å²) in [5.41, 5.74) is 5.46. The van der Waals surface area contributed by atoms with E-state index in [2.05, 4.69) is 10.2 Å². The number of aliphatic imine (C=N–C) groups is 2. The van der Waals surface area contributed by atoms with Crippen molar-refractivity contribution in [2.24, 2.45) is 9.98 Å². The smallest absolute Gasteiger partial charge is 0.289 e. The van der Waals surface area contributed by atoms with Crippen LogP contribution in [0.25, 0.3) is 5.69 Å². The maximum atomic E-state index is 11.6. The van der Waals surface area contributed by atoms with Gasteiger partial charge in [0.05, 0.1) is 33.7 Å². The van der Waals surface area contributed by atoms with Crippen molar-refractivity contribution in [1.29, 1.82) is 0 Å². The minimum atomic E-state index is -0.514. The van der Waals surface area contributed by atoms with E-state index in [4.69, 9.17) is 38.3 Å².